The van der Waals surface area contributed by atoms with E-state index in [9.17, 15) is 4.79 Å². The van der Waals surface area contributed by atoms with Crippen LogP contribution in [0.1, 0.15) is 12.8 Å². The monoisotopic (exact) mass is 241 g/mol. The van der Waals surface area contributed by atoms with E-state index in [1.165, 1.54) is 0 Å². The van der Waals surface area contributed by atoms with Crippen LogP contribution in [0.25, 0.3) is 0 Å². The molecule has 2 aliphatic rings. The molecule has 1 amide bonds. The molecular formula is C12H23N3O2. The third-order valence-corrected chi connectivity index (χ3v) is 3.75. The number of nitrogens with one attached hydrogen (secondary N) is 2. The van der Waals surface area contributed by atoms with E-state index in [-0.39, 0.29) is 11.8 Å². The highest BCUT2D eigenvalue weighted by Gasteiger charge is 2.28. The molecule has 2 heterocycles. The van der Waals surface area contributed by atoms with Crippen molar-refractivity contribution >= 4 is 5.91 Å². The zero-order chi connectivity index (χ0) is 12.1. The second kappa shape index (κ2) is 6.33. The molecule has 0 saturated carbocycles. The molecule has 2 N–H and O–H groups in total. The Labute approximate surface area is 103 Å². The van der Waals surface area contributed by atoms with Crippen LogP contribution < -0.4 is 10.6 Å². The fraction of sp³-hybridized carbons (Fsp3) is 0.917. The molecule has 0 spiro atoms. The van der Waals surface area contributed by atoms with E-state index in [4.69, 9.17) is 4.74 Å². The average Bonchev–Trinajstić information content (AvgIpc) is 2.64. The molecule has 5 nitrogen and oxygen atoms in total. The highest BCUT2D eigenvalue weighted by Crippen LogP contribution is 2.17. The minimum atomic E-state index is 0.0744. The van der Waals surface area contributed by atoms with Crippen molar-refractivity contribution in [2.24, 2.45) is 5.92 Å². The third kappa shape index (κ3) is 3.40. The van der Waals surface area contributed by atoms with Gasteiger partial charge in [0.05, 0.1) is 5.92 Å². The standard InChI is InChI=1S/C12H23N3O2/c1-13-12(16)10-8-14-4-5-15(9-10)11-2-6-17-7-3-11/h10-11,14H,2-9H2,1H3,(H,13,16)/t10-/m1/s1. The van der Waals surface area contributed by atoms with E-state index < -0.39 is 0 Å². The van der Waals surface area contributed by atoms with Gasteiger partial charge >= 0.3 is 0 Å². The summed E-state index contributed by atoms with van der Waals surface area (Å²) in [4.78, 5) is 14.2. The van der Waals surface area contributed by atoms with Crippen LogP contribution in [0.2, 0.25) is 0 Å². The normalized spacial score (nSPS) is 28.6. The molecule has 0 bridgehead atoms. The summed E-state index contributed by atoms with van der Waals surface area (Å²) in [6.07, 6.45) is 2.20. The second-order valence-corrected chi connectivity index (χ2v) is 4.85. The predicted octanol–water partition coefficient (Wildman–Crippen LogP) is -0.567. The molecule has 0 aliphatic carbocycles. The summed E-state index contributed by atoms with van der Waals surface area (Å²) in [6.45, 7) is 5.40. The van der Waals surface area contributed by atoms with Crippen LogP contribution in [0.3, 0.4) is 0 Å². The van der Waals surface area contributed by atoms with Crippen molar-refractivity contribution < 1.29 is 9.53 Å². The topological polar surface area (TPSA) is 53.6 Å². The van der Waals surface area contributed by atoms with Gasteiger partial charge in [0.25, 0.3) is 0 Å². The Bertz CT molecular complexity index is 254. The first-order valence-electron chi connectivity index (χ1n) is 6.55. The average molecular weight is 241 g/mol. The lowest BCUT2D eigenvalue weighted by Crippen LogP contribution is -2.45. The van der Waals surface area contributed by atoms with Crippen molar-refractivity contribution in [2.75, 3.05) is 46.4 Å². The highest BCUT2D eigenvalue weighted by atomic mass is 16.5. The van der Waals surface area contributed by atoms with Gasteiger partial charge in [0.1, 0.15) is 0 Å². The Hall–Kier alpha value is -0.650. The van der Waals surface area contributed by atoms with Crippen LogP contribution in [-0.2, 0) is 9.53 Å². The van der Waals surface area contributed by atoms with Gasteiger partial charge in [0.15, 0.2) is 0 Å². The van der Waals surface area contributed by atoms with Crippen LogP contribution >= 0.6 is 0 Å². The van der Waals surface area contributed by atoms with Gasteiger partial charge in [-0.3, -0.25) is 9.69 Å². The maximum absolute atomic E-state index is 11.7. The number of hydrogen-bond donors (Lipinski definition) is 2. The van der Waals surface area contributed by atoms with Gasteiger partial charge in [-0.1, -0.05) is 0 Å². The van der Waals surface area contributed by atoms with Crippen molar-refractivity contribution in [2.45, 2.75) is 18.9 Å². The summed E-state index contributed by atoms with van der Waals surface area (Å²) in [5.41, 5.74) is 0. The SMILES string of the molecule is CNC(=O)[C@@H]1CNCCN(C2CCOCC2)C1. The fourth-order valence-corrected chi connectivity index (χ4v) is 2.70. The molecule has 98 valence electrons. The Morgan fingerprint density at radius 1 is 1.41 bits per heavy atom. The van der Waals surface area contributed by atoms with Crippen LogP contribution in [0.15, 0.2) is 0 Å². The number of carbonyl (C=O) groups is 1. The van der Waals surface area contributed by atoms with Crippen molar-refractivity contribution in [3.05, 3.63) is 0 Å². The first-order valence-corrected chi connectivity index (χ1v) is 6.55. The largest absolute Gasteiger partial charge is 0.381 e. The Morgan fingerprint density at radius 2 is 2.18 bits per heavy atom. The highest BCUT2D eigenvalue weighted by molar-refractivity contribution is 5.78. The van der Waals surface area contributed by atoms with E-state index in [1.54, 1.807) is 7.05 Å². The van der Waals surface area contributed by atoms with Gasteiger partial charge in [-0.05, 0) is 12.8 Å². The lowest BCUT2D eigenvalue weighted by molar-refractivity contribution is -0.125. The van der Waals surface area contributed by atoms with Gasteiger partial charge in [0, 0.05) is 52.5 Å². The molecule has 0 radical (unpaired) electrons. The van der Waals surface area contributed by atoms with E-state index in [0.717, 1.165) is 52.2 Å². The Kier molecular flexibility index (Phi) is 4.76. The van der Waals surface area contributed by atoms with Crippen molar-refractivity contribution in [3.8, 4) is 0 Å². The Balaban J connectivity index is 1.93. The smallest absolute Gasteiger partial charge is 0.225 e. The molecule has 2 aliphatic heterocycles. The fourth-order valence-electron chi connectivity index (χ4n) is 2.70. The number of rotatable bonds is 2. The van der Waals surface area contributed by atoms with E-state index in [2.05, 4.69) is 15.5 Å². The molecular weight excluding hydrogens is 218 g/mol. The molecule has 5 heteroatoms. The third-order valence-electron chi connectivity index (χ3n) is 3.75. The quantitative estimate of drug-likeness (QED) is 0.680. The number of amides is 1. The molecule has 2 rings (SSSR count). The van der Waals surface area contributed by atoms with Crippen LogP contribution in [-0.4, -0.2) is 63.3 Å². The zero-order valence-corrected chi connectivity index (χ0v) is 10.6. The van der Waals surface area contributed by atoms with Crippen LogP contribution in [0, 0.1) is 5.92 Å². The number of carbonyl (C=O) groups excluding carboxylic acids is 1. The molecule has 2 saturated heterocycles. The Morgan fingerprint density at radius 3 is 2.88 bits per heavy atom. The molecule has 0 unspecified atom stereocenters. The number of ether oxygens (including phenoxy) is 1. The van der Waals surface area contributed by atoms with Gasteiger partial charge in [0.2, 0.25) is 5.91 Å². The van der Waals surface area contributed by atoms with Gasteiger partial charge < -0.3 is 15.4 Å². The first-order chi connectivity index (χ1) is 8.31. The molecule has 0 aromatic carbocycles. The van der Waals surface area contributed by atoms with Crippen molar-refractivity contribution in [1.82, 2.24) is 15.5 Å². The lowest BCUT2D eigenvalue weighted by atomic mass is 10.0. The first kappa shape index (κ1) is 12.8. The van der Waals surface area contributed by atoms with Gasteiger partial charge in [-0.15, -0.1) is 0 Å². The summed E-state index contributed by atoms with van der Waals surface area (Å²) in [5, 5.41) is 6.10. The molecule has 0 aromatic rings. The van der Waals surface area contributed by atoms with E-state index in [0.29, 0.717) is 6.04 Å². The number of nitrogens with zero attached hydrogens (tertiary/aromatic N) is 1. The zero-order valence-electron chi connectivity index (χ0n) is 10.6. The summed E-state index contributed by atoms with van der Waals surface area (Å²) in [5.74, 6) is 0.224. The molecule has 2 fully saturated rings. The maximum atomic E-state index is 11.7. The molecule has 17 heavy (non-hydrogen) atoms. The minimum Gasteiger partial charge on any atom is -0.381 e. The van der Waals surface area contributed by atoms with Gasteiger partial charge in [-0.2, -0.15) is 0 Å². The lowest BCUT2D eigenvalue weighted by Gasteiger charge is -2.34. The van der Waals surface area contributed by atoms with Gasteiger partial charge in [-0.25, -0.2) is 0 Å². The summed E-state index contributed by atoms with van der Waals surface area (Å²) < 4.78 is 5.40. The summed E-state index contributed by atoms with van der Waals surface area (Å²) >= 11 is 0. The van der Waals surface area contributed by atoms with E-state index >= 15 is 0 Å². The molecule has 0 aromatic heterocycles. The van der Waals surface area contributed by atoms with Crippen molar-refractivity contribution in [3.63, 3.8) is 0 Å². The maximum Gasteiger partial charge on any atom is 0.225 e. The minimum absolute atomic E-state index is 0.0744. The van der Waals surface area contributed by atoms with Crippen LogP contribution in [0.5, 0.6) is 0 Å². The summed E-state index contributed by atoms with van der Waals surface area (Å²) in [7, 11) is 1.71. The molecule has 1 atom stereocenters. The summed E-state index contributed by atoms with van der Waals surface area (Å²) in [6, 6.07) is 0.593. The predicted molar refractivity (Wildman–Crippen MR) is 65.8 cm³/mol. The second-order valence-electron chi connectivity index (χ2n) is 4.85. The van der Waals surface area contributed by atoms with E-state index in [1.807, 2.05) is 0 Å². The number of hydrogen-bond acceptors (Lipinski definition) is 4. The van der Waals surface area contributed by atoms with Crippen molar-refractivity contribution in [1.29, 1.82) is 0 Å². The van der Waals surface area contributed by atoms with Crippen LogP contribution in [0.4, 0.5) is 0 Å².